The summed E-state index contributed by atoms with van der Waals surface area (Å²) in [6.07, 6.45) is 2.82. The van der Waals surface area contributed by atoms with E-state index in [0.717, 1.165) is 11.8 Å². The van der Waals surface area contributed by atoms with Crippen molar-refractivity contribution in [2.75, 3.05) is 6.54 Å². The van der Waals surface area contributed by atoms with Gasteiger partial charge in [0.05, 0.1) is 16.7 Å². The van der Waals surface area contributed by atoms with Gasteiger partial charge in [0.15, 0.2) is 5.82 Å². The van der Waals surface area contributed by atoms with Crippen LogP contribution >= 0.6 is 0 Å². The third kappa shape index (κ3) is 3.82. The number of hydrogen-bond donors (Lipinski definition) is 1. The number of halogens is 1. The number of hydrogen-bond acceptors (Lipinski definition) is 4. The molecule has 0 saturated heterocycles. The van der Waals surface area contributed by atoms with E-state index in [9.17, 15) is 19.3 Å². The topological polar surface area (TPSA) is 85.1 Å². The van der Waals surface area contributed by atoms with Crippen LogP contribution in [-0.4, -0.2) is 22.4 Å². The molecule has 0 atom stereocenters. The van der Waals surface area contributed by atoms with Gasteiger partial charge >= 0.3 is 0 Å². The van der Waals surface area contributed by atoms with E-state index in [0.29, 0.717) is 13.0 Å². The molecule has 1 aromatic heterocycles. The Morgan fingerprint density at radius 2 is 2.00 bits per heavy atom. The fraction of sp³-hybridized carbons (Fsp3) is 0.143. The molecule has 0 fully saturated rings. The smallest absolute Gasteiger partial charge is 0.269 e. The lowest BCUT2D eigenvalue weighted by Gasteiger charge is -2.06. The van der Waals surface area contributed by atoms with E-state index in [-0.39, 0.29) is 11.3 Å². The number of pyridine rings is 1. The predicted octanol–water partition coefficient (Wildman–Crippen LogP) is 2.10. The average Bonchev–Trinajstić information content (AvgIpc) is 2.48. The SMILES string of the molecule is O=C(NCCc1ccc([N+](=O)[O-])cc1)c1ccncc1F. The molecule has 0 bridgehead atoms. The standard InChI is InChI=1S/C14H12FN3O3/c15-13-9-16-7-6-12(13)14(19)17-8-5-10-1-3-11(4-2-10)18(20)21/h1-4,6-7,9H,5,8H2,(H,17,19). The van der Waals surface area contributed by atoms with Crippen LogP contribution in [0.15, 0.2) is 42.7 Å². The first-order valence-corrected chi connectivity index (χ1v) is 6.19. The number of carbonyl (C=O) groups is 1. The van der Waals surface area contributed by atoms with Gasteiger partial charge in [0, 0.05) is 24.9 Å². The summed E-state index contributed by atoms with van der Waals surface area (Å²) in [6, 6.07) is 7.35. The van der Waals surface area contributed by atoms with Crippen LogP contribution in [0.5, 0.6) is 0 Å². The normalized spacial score (nSPS) is 10.1. The van der Waals surface area contributed by atoms with Gasteiger partial charge in [-0.25, -0.2) is 4.39 Å². The maximum atomic E-state index is 13.3. The fourth-order valence-corrected chi connectivity index (χ4v) is 1.76. The number of nitrogens with zero attached hydrogens (tertiary/aromatic N) is 2. The zero-order chi connectivity index (χ0) is 15.2. The molecule has 0 spiro atoms. The number of nitro groups is 1. The van der Waals surface area contributed by atoms with Crippen LogP contribution in [0.2, 0.25) is 0 Å². The lowest BCUT2D eigenvalue weighted by atomic mass is 10.1. The second-order valence-electron chi connectivity index (χ2n) is 4.28. The molecule has 108 valence electrons. The zero-order valence-corrected chi connectivity index (χ0v) is 11.0. The van der Waals surface area contributed by atoms with Gasteiger partial charge in [-0.1, -0.05) is 12.1 Å². The van der Waals surface area contributed by atoms with Gasteiger partial charge in [-0.2, -0.15) is 0 Å². The maximum absolute atomic E-state index is 13.3. The van der Waals surface area contributed by atoms with Crippen LogP contribution in [-0.2, 0) is 6.42 Å². The number of non-ortho nitro benzene ring substituents is 1. The third-order valence-electron chi connectivity index (χ3n) is 2.86. The third-order valence-corrected chi connectivity index (χ3v) is 2.86. The highest BCUT2D eigenvalue weighted by Crippen LogP contribution is 2.12. The molecule has 1 N–H and O–H groups in total. The minimum Gasteiger partial charge on any atom is -0.352 e. The van der Waals surface area contributed by atoms with Gasteiger partial charge in [0.25, 0.3) is 11.6 Å². The van der Waals surface area contributed by atoms with E-state index in [2.05, 4.69) is 10.3 Å². The molecule has 2 aromatic rings. The van der Waals surface area contributed by atoms with Crippen LogP contribution in [0.4, 0.5) is 10.1 Å². The number of benzene rings is 1. The summed E-state index contributed by atoms with van der Waals surface area (Å²) in [5, 5.41) is 13.1. The number of rotatable bonds is 5. The van der Waals surface area contributed by atoms with Crippen LogP contribution in [0, 0.1) is 15.9 Å². The summed E-state index contributed by atoms with van der Waals surface area (Å²) in [4.78, 5) is 25.3. The van der Waals surface area contributed by atoms with Crippen molar-refractivity contribution >= 4 is 11.6 Å². The number of nitrogens with one attached hydrogen (secondary N) is 1. The fourth-order valence-electron chi connectivity index (χ4n) is 1.76. The quantitative estimate of drug-likeness (QED) is 0.674. The van der Waals surface area contributed by atoms with Gasteiger partial charge < -0.3 is 5.32 Å². The molecule has 6 nitrogen and oxygen atoms in total. The molecule has 0 radical (unpaired) electrons. The molecule has 21 heavy (non-hydrogen) atoms. The highest BCUT2D eigenvalue weighted by atomic mass is 19.1. The Balaban J connectivity index is 1.88. The van der Waals surface area contributed by atoms with Crippen molar-refractivity contribution < 1.29 is 14.1 Å². The Labute approximate surface area is 119 Å². The summed E-state index contributed by atoms with van der Waals surface area (Å²) in [7, 11) is 0. The number of carbonyl (C=O) groups excluding carboxylic acids is 1. The second kappa shape index (κ2) is 6.56. The van der Waals surface area contributed by atoms with Crippen LogP contribution in [0.3, 0.4) is 0 Å². The van der Waals surface area contributed by atoms with E-state index in [1.165, 1.54) is 24.4 Å². The maximum Gasteiger partial charge on any atom is 0.269 e. The Morgan fingerprint density at radius 3 is 2.62 bits per heavy atom. The summed E-state index contributed by atoms with van der Waals surface area (Å²) >= 11 is 0. The number of aromatic nitrogens is 1. The Morgan fingerprint density at radius 1 is 1.29 bits per heavy atom. The van der Waals surface area contributed by atoms with Crippen molar-refractivity contribution in [2.45, 2.75) is 6.42 Å². The number of amides is 1. The first kappa shape index (κ1) is 14.6. The van der Waals surface area contributed by atoms with Gasteiger partial charge in [0.2, 0.25) is 0 Å². The molecule has 1 aromatic carbocycles. The van der Waals surface area contributed by atoms with Crippen LogP contribution < -0.4 is 5.32 Å². The minimum atomic E-state index is -0.676. The van der Waals surface area contributed by atoms with Gasteiger partial charge in [-0.05, 0) is 18.1 Å². The number of nitro benzene ring substituents is 1. The Bertz CT molecular complexity index is 659. The Kier molecular flexibility index (Phi) is 4.55. The lowest BCUT2D eigenvalue weighted by Crippen LogP contribution is -2.26. The molecular weight excluding hydrogens is 277 g/mol. The van der Waals surface area contributed by atoms with Crippen LogP contribution in [0.25, 0.3) is 0 Å². The van der Waals surface area contributed by atoms with Crippen molar-refractivity contribution in [3.8, 4) is 0 Å². The summed E-state index contributed by atoms with van der Waals surface area (Å²) < 4.78 is 13.3. The summed E-state index contributed by atoms with van der Waals surface area (Å²) in [5.41, 5.74) is 0.798. The van der Waals surface area contributed by atoms with Crippen molar-refractivity contribution in [3.05, 3.63) is 69.8 Å². The molecule has 0 aliphatic rings. The van der Waals surface area contributed by atoms with Crippen molar-refractivity contribution in [1.29, 1.82) is 0 Å². The van der Waals surface area contributed by atoms with Gasteiger partial charge in [-0.15, -0.1) is 0 Å². The molecule has 7 heteroatoms. The highest BCUT2D eigenvalue weighted by Gasteiger charge is 2.10. The molecule has 2 rings (SSSR count). The van der Waals surface area contributed by atoms with E-state index >= 15 is 0 Å². The second-order valence-corrected chi connectivity index (χ2v) is 4.28. The minimum absolute atomic E-state index is 0.0154. The molecule has 0 saturated carbocycles. The molecule has 1 heterocycles. The Hall–Kier alpha value is -2.83. The van der Waals surface area contributed by atoms with E-state index in [1.54, 1.807) is 12.1 Å². The van der Waals surface area contributed by atoms with Crippen LogP contribution in [0.1, 0.15) is 15.9 Å². The molecule has 0 unspecified atom stereocenters. The van der Waals surface area contributed by atoms with E-state index in [1.807, 2.05) is 0 Å². The first-order valence-electron chi connectivity index (χ1n) is 6.19. The van der Waals surface area contributed by atoms with Crippen molar-refractivity contribution in [1.82, 2.24) is 10.3 Å². The highest BCUT2D eigenvalue weighted by molar-refractivity contribution is 5.94. The lowest BCUT2D eigenvalue weighted by molar-refractivity contribution is -0.384. The van der Waals surface area contributed by atoms with E-state index in [4.69, 9.17) is 0 Å². The van der Waals surface area contributed by atoms with Gasteiger partial charge in [-0.3, -0.25) is 19.9 Å². The molecule has 1 amide bonds. The predicted molar refractivity (Wildman–Crippen MR) is 73.3 cm³/mol. The van der Waals surface area contributed by atoms with E-state index < -0.39 is 16.6 Å². The first-order chi connectivity index (χ1) is 10.1. The van der Waals surface area contributed by atoms with Crippen molar-refractivity contribution in [3.63, 3.8) is 0 Å². The molecular formula is C14H12FN3O3. The van der Waals surface area contributed by atoms with Gasteiger partial charge in [0.1, 0.15) is 0 Å². The monoisotopic (exact) mass is 289 g/mol. The average molecular weight is 289 g/mol. The summed E-state index contributed by atoms with van der Waals surface area (Å²) in [6.45, 7) is 0.304. The molecule has 0 aliphatic carbocycles. The zero-order valence-electron chi connectivity index (χ0n) is 11.0. The van der Waals surface area contributed by atoms with Crippen molar-refractivity contribution in [2.24, 2.45) is 0 Å². The molecule has 0 aliphatic heterocycles. The summed E-state index contributed by atoms with van der Waals surface area (Å²) in [5.74, 6) is -1.19. The largest absolute Gasteiger partial charge is 0.352 e.